The molecule has 2 unspecified atom stereocenters. The van der Waals surface area contributed by atoms with Crippen LogP contribution in [0.2, 0.25) is 6.82 Å². The third-order valence-electron chi connectivity index (χ3n) is 4.74. The summed E-state index contributed by atoms with van der Waals surface area (Å²) in [5, 5.41) is 20.1. The number of fused-ring (bicyclic) bond motifs is 1. The van der Waals surface area contributed by atoms with Gasteiger partial charge in [-0.05, 0) is 25.4 Å². The molecule has 2 saturated heterocycles. The minimum Gasteiger partial charge on any atom is -0.437 e. The number of aliphatic hydroxyl groups is 1. The highest BCUT2D eigenvalue weighted by molar-refractivity contribution is 6.45. The van der Waals surface area contributed by atoms with Gasteiger partial charge in [-0.3, -0.25) is 4.90 Å². The number of hydrogen-bond acceptors (Lipinski definition) is 4. The van der Waals surface area contributed by atoms with Gasteiger partial charge in [-0.2, -0.15) is 0 Å². The van der Waals surface area contributed by atoms with Crippen LogP contribution in [0.15, 0.2) is 30.3 Å². The molecule has 0 aromatic heterocycles. The Hall–Kier alpha value is -0.875. The molecule has 1 aromatic rings. The average Bonchev–Trinajstić information content (AvgIpc) is 2.84. The Morgan fingerprint density at radius 1 is 1.25 bits per heavy atom. The van der Waals surface area contributed by atoms with E-state index in [1.54, 1.807) is 0 Å². The summed E-state index contributed by atoms with van der Waals surface area (Å²) in [6.45, 7) is 5.40. The Kier molecular flexibility index (Phi) is 4.12. The standard InChI is InChI=1S/C15H23BN2O2/c1-16(20)18-8-7-15(19)13-10-17(11-14(13)18)9-12-5-3-2-4-6-12/h2-6,13-15,19-20H,7-11H2,1H3/t13-,14?,15?/m1/s1. The monoisotopic (exact) mass is 274 g/mol. The van der Waals surface area contributed by atoms with E-state index in [0.717, 1.165) is 32.6 Å². The van der Waals surface area contributed by atoms with Gasteiger partial charge in [0, 0.05) is 31.6 Å². The van der Waals surface area contributed by atoms with Crippen molar-refractivity contribution < 1.29 is 10.1 Å². The van der Waals surface area contributed by atoms with Gasteiger partial charge in [-0.1, -0.05) is 30.3 Å². The molecule has 108 valence electrons. The lowest BCUT2D eigenvalue weighted by Crippen LogP contribution is -2.55. The molecule has 0 saturated carbocycles. The minimum absolute atomic E-state index is 0.226. The molecule has 2 aliphatic heterocycles. The highest BCUT2D eigenvalue weighted by Gasteiger charge is 2.45. The van der Waals surface area contributed by atoms with Crippen molar-refractivity contribution in [1.82, 2.24) is 9.71 Å². The second-order valence-corrected chi connectivity index (χ2v) is 6.14. The molecule has 2 heterocycles. The molecule has 0 spiro atoms. The molecule has 2 fully saturated rings. The van der Waals surface area contributed by atoms with Crippen LogP contribution in [-0.2, 0) is 6.54 Å². The SMILES string of the molecule is CB(O)N1CCC(O)[C@@H]2CN(Cc3ccccc3)CC21. The van der Waals surface area contributed by atoms with Gasteiger partial charge in [0.1, 0.15) is 0 Å². The van der Waals surface area contributed by atoms with E-state index in [1.165, 1.54) is 5.56 Å². The van der Waals surface area contributed by atoms with Crippen LogP contribution in [0.4, 0.5) is 0 Å². The van der Waals surface area contributed by atoms with E-state index in [1.807, 2.05) is 12.9 Å². The Balaban J connectivity index is 1.69. The second-order valence-electron chi connectivity index (χ2n) is 6.14. The molecule has 2 N–H and O–H groups in total. The van der Waals surface area contributed by atoms with Crippen molar-refractivity contribution in [1.29, 1.82) is 0 Å². The molecule has 0 bridgehead atoms. The van der Waals surface area contributed by atoms with E-state index >= 15 is 0 Å². The maximum absolute atomic E-state index is 10.2. The zero-order valence-corrected chi connectivity index (χ0v) is 12.0. The molecule has 20 heavy (non-hydrogen) atoms. The van der Waals surface area contributed by atoms with Crippen LogP contribution in [-0.4, -0.2) is 58.7 Å². The molecule has 3 rings (SSSR count). The van der Waals surface area contributed by atoms with Crippen LogP contribution < -0.4 is 0 Å². The first-order chi connectivity index (χ1) is 9.65. The van der Waals surface area contributed by atoms with Crippen LogP contribution in [0, 0.1) is 5.92 Å². The maximum atomic E-state index is 10.2. The van der Waals surface area contributed by atoms with Crippen LogP contribution in [0.25, 0.3) is 0 Å². The average molecular weight is 274 g/mol. The lowest BCUT2D eigenvalue weighted by Gasteiger charge is -2.40. The topological polar surface area (TPSA) is 46.9 Å². The minimum atomic E-state index is -0.424. The molecule has 0 amide bonds. The van der Waals surface area contributed by atoms with Gasteiger partial charge in [0.25, 0.3) is 0 Å². The van der Waals surface area contributed by atoms with Gasteiger partial charge in [-0.25, -0.2) is 0 Å². The molecule has 3 atom stereocenters. The third-order valence-corrected chi connectivity index (χ3v) is 4.74. The Morgan fingerprint density at radius 2 is 2.00 bits per heavy atom. The van der Waals surface area contributed by atoms with Crippen molar-refractivity contribution >= 4 is 7.05 Å². The summed E-state index contributed by atoms with van der Waals surface area (Å²) in [6, 6.07) is 10.7. The number of aliphatic hydroxyl groups excluding tert-OH is 1. The summed E-state index contributed by atoms with van der Waals surface area (Å²) in [5.41, 5.74) is 1.31. The van der Waals surface area contributed by atoms with Crippen molar-refractivity contribution in [2.75, 3.05) is 19.6 Å². The van der Waals surface area contributed by atoms with Gasteiger partial charge in [-0.15, -0.1) is 0 Å². The smallest absolute Gasteiger partial charge is 0.376 e. The lowest BCUT2D eigenvalue weighted by molar-refractivity contribution is 0.0330. The third kappa shape index (κ3) is 2.77. The molecule has 1 aromatic carbocycles. The molecule has 2 aliphatic rings. The van der Waals surface area contributed by atoms with E-state index in [2.05, 4.69) is 34.0 Å². The summed E-state index contributed by atoms with van der Waals surface area (Å²) in [6.07, 6.45) is 0.543. The molecular formula is C15H23BN2O2. The number of rotatable bonds is 3. The summed E-state index contributed by atoms with van der Waals surface area (Å²) in [4.78, 5) is 4.54. The highest BCUT2D eigenvalue weighted by Crippen LogP contribution is 2.32. The zero-order chi connectivity index (χ0) is 14.1. The van der Waals surface area contributed by atoms with Gasteiger partial charge in [0.15, 0.2) is 0 Å². The first-order valence-corrected chi connectivity index (χ1v) is 7.53. The maximum Gasteiger partial charge on any atom is 0.376 e. The Bertz CT molecular complexity index is 443. The van der Waals surface area contributed by atoms with Crippen molar-refractivity contribution in [3.05, 3.63) is 35.9 Å². The highest BCUT2D eigenvalue weighted by atomic mass is 16.3. The fourth-order valence-corrected chi connectivity index (χ4v) is 3.72. The number of piperidine rings is 1. The molecular weight excluding hydrogens is 251 g/mol. The Labute approximate surface area is 121 Å². The van der Waals surface area contributed by atoms with Gasteiger partial charge < -0.3 is 14.9 Å². The van der Waals surface area contributed by atoms with Crippen molar-refractivity contribution in [3.8, 4) is 0 Å². The van der Waals surface area contributed by atoms with E-state index < -0.39 is 7.05 Å². The summed E-state index contributed by atoms with van der Waals surface area (Å²) >= 11 is 0. The quantitative estimate of drug-likeness (QED) is 0.795. The van der Waals surface area contributed by atoms with E-state index in [4.69, 9.17) is 0 Å². The molecule has 0 radical (unpaired) electrons. The predicted octanol–water partition coefficient (Wildman–Crippen LogP) is 0.664. The number of nitrogens with zero attached hydrogens (tertiary/aromatic N) is 2. The van der Waals surface area contributed by atoms with E-state index in [9.17, 15) is 10.1 Å². The number of benzene rings is 1. The van der Waals surface area contributed by atoms with Crippen molar-refractivity contribution in [2.45, 2.75) is 31.9 Å². The van der Waals surface area contributed by atoms with Crippen molar-refractivity contribution in [3.63, 3.8) is 0 Å². The first-order valence-electron chi connectivity index (χ1n) is 7.53. The Morgan fingerprint density at radius 3 is 2.70 bits per heavy atom. The van der Waals surface area contributed by atoms with Crippen LogP contribution in [0.5, 0.6) is 0 Å². The fraction of sp³-hybridized carbons (Fsp3) is 0.600. The van der Waals surface area contributed by atoms with Gasteiger partial charge in [0.2, 0.25) is 0 Å². The molecule has 4 nitrogen and oxygen atoms in total. The lowest BCUT2D eigenvalue weighted by atomic mass is 9.76. The number of likely N-dealkylation sites (tertiary alicyclic amines) is 1. The summed E-state index contributed by atoms with van der Waals surface area (Å²) in [7, 11) is -0.424. The zero-order valence-electron chi connectivity index (χ0n) is 12.0. The van der Waals surface area contributed by atoms with Crippen LogP contribution >= 0.6 is 0 Å². The van der Waals surface area contributed by atoms with Crippen molar-refractivity contribution in [2.24, 2.45) is 5.92 Å². The number of hydrogen-bond donors (Lipinski definition) is 2. The van der Waals surface area contributed by atoms with Gasteiger partial charge in [0.05, 0.1) is 6.10 Å². The predicted molar refractivity (Wildman–Crippen MR) is 80.2 cm³/mol. The van der Waals surface area contributed by atoms with Crippen LogP contribution in [0.3, 0.4) is 0 Å². The second kappa shape index (κ2) is 5.86. The van der Waals surface area contributed by atoms with E-state index in [0.29, 0.717) is 0 Å². The van der Waals surface area contributed by atoms with Gasteiger partial charge >= 0.3 is 7.05 Å². The summed E-state index contributed by atoms with van der Waals surface area (Å²) < 4.78 is 0. The normalized spacial score (nSPS) is 31.2. The summed E-state index contributed by atoms with van der Waals surface area (Å²) in [5.74, 6) is 0.266. The largest absolute Gasteiger partial charge is 0.437 e. The van der Waals surface area contributed by atoms with E-state index in [-0.39, 0.29) is 18.1 Å². The first kappa shape index (κ1) is 14.1. The molecule has 5 heteroatoms. The molecule has 0 aliphatic carbocycles. The fourth-order valence-electron chi connectivity index (χ4n) is 3.72. The van der Waals surface area contributed by atoms with Crippen LogP contribution in [0.1, 0.15) is 12.0 Å².